The first kappa shape index (κ1) is 13.8. The summed E-state index contributed by atoms with van der Waals surface area (Å²) in [5.41, 5.74) is 8.03. The predicted octanol–water partition coefficient (Wildman–Crippen LogP) is 4.43. The number of aromatic nitrogens is 1. The van der Waals surface area contributed by atoms with Crippen LogP contribution in [0.5, 0.6) is 0 Å². The van der Waals surface area contributed by atoms with Gasteiger partial charge in [-0.05, 0) is 42.0 Å². The van der Waals surface area contributed by atoms with Gasteiger partial charge in [0.1, 0.15) is 0 Å². The third-order valence-corrected chi connectivity index (χ3v) is 4.09. The van der Waals surface area contributed by atoms with E-state index in [2.05, 4.69) is 4.98 Å². The molecule has 3 rings (SSSR count). The number of rotatable bonds is 3. The van der Waals surface area contributed by atoms with Gasteiger partial charge in [0.15, 0.2) is 10.9 Å². The second-order valence-corrected chi connectivity index (χ2v) is 5.98. The number of nitrogens with zero attached hydrogens (tertiary/aromatic N) is 1. The maximum absolute atomic E-state index is 12.2. The highest BCUT2D eigenvalue weighted by atomic mass is 35.5. The van der Waals surface area contributed by atoms with E-state index in [-0.39, 0.29) is 5.78 Å². The number of fused-ring (bicyclic) bond motifs is 1. The minimum absolute atomic E-state index is 0.0566. The van der Waals surface area contributed by atoms with Crippen molar-refractivity contribution in [1.82, 2.24) is 4.98 Å². The molecular weight excluding hydrogens is 304 g/mol. The zero-order chi connectivity index (χ0) is 14.8. The summed E-state index contributed by atoms with van der Waals surface area (Å²) in [4.78, 5) is 16.3. The van der Waals surface area contributed by atoms with Gasteiger partial charge < -0.3 is 5.73 Å². The van der Waals surface area contributed by atoms with Crippen molar-refractivity contribution in [2.75, 3.05) is 5.73 Å². The van der Waals surface area contributed by atoms with Crippen LogP contribution in [0.25, 0.3) is 16.3 Å². The Morgan fingerprint density at radius 1 is 1.19 bits per heavy atom. The Labute approximate surface area is 130 Å². The summed E-state index contributed by atoms with van der Waals surface area (Å²) in [5.74, 6) is -0.0566. The van der Waals surface area contributed by atoms with E-state index in [0.29, 0.717) is 15.7 Å². The van der Waals surface area contributed by atoms with E-state index >= 15 is 0 Å². The molecule has 0 atom stereocenters. The number of nitrogen functional groups attached to an aromatic ring is 1. The number of carbonyl (C=O) groups is 1. The minimum Gasteiger partial charge on any atom is -0.375 e. The van der Waals surface area contributed by atoms with Crippen molar-refractivity contribution < 1.29 is 4.79 Å². The average Bonchev–Trinajstić information content (AvgIpc) is 2.85. The largest absolute Gasteiger partial charge is 0.375 e. The van der Waals surface area contributed by atoms with Gasteiger partial charge in [-0.25, -0.2) is 4.98 Å². The fourth-order valence-corrected chi connectivity index (χ4v) is 2.84. The van der Waals surface area contributed by atoms with Crippen molar-refractivity contribution in [2.24, 2.45) is 0 Å². The molecule has 2 aromatic carbocycles. The smallest absolute Gasteiger partial charge is 0.185 e. The lowest BCUT2D eigenvalue weighted by molar-refractivity contribution is 0.104. The highest BCUT2D eigenvalue weighted by molar-refractivity contribution is 7.22. The van der Waals surface area contributed by atoms with Crippen LogP contribution in [0.1, 0.15) is 15.9 Å². The molecule has 104 valence electrons. The number of carbonyl (C=O) groups excluding carboxylic acids is 1. The van der Waals surface area contributed by atoms with E-state index in [1.165, 1.54) is 11.3 Å². The molecule has 0 aliphatic carbocycles. The van der Waals surface area contributed by atoms with Gasteiger partial charge in [0.25, 0.3) is 0 Å². The fourth-order valence-electron chi connectivity index (χ4n) is 1.94. The molecule has 0 aliphatic rings. The maximum atomic E-state index is 12.2. The Morgan fingerprint density at radius 2 is 1.95 bits per heavy atom. The molecule has 1 heterocycles. The van der Waals surface area contributed by atoms with E-state index in [0.717, 1.165) is 15.8 Å². The Bertz CT molecular complexity index is 837. The summed E-state index contributed by atoms with van der Waals surface area (Å²) in [6, 6.07) is 12.7. The Hall–Kier alpha value is -2.17. The average molecular weight is 315 g/mol. The first-order chi connectivity index (χ1) is 10.1. The van der Waals surface area contributed by atoms with Crippen LogP contribution < -0.4 is 5.73 Å². The number of ketones is 1. The SMILES string of the molecule is Nc1nc2ccc(C(=O)/C=C/c3ccc(Cl)cc3)cc2s1. The molecule has 3 nitrogen and oxygen atoms in total. The zero-order valence-electron chi connectivity index (χ0n) is 10.9. The molecule has 0 fully saturated rings. The summed E-state index contributed by atoms with van der Waals surface area (Å²) in [6.45, 7) is 0. The van der Waals surface area contributed by atoms with Gasteiger partial charge in [0, 0.05) is 10.6 Å². The van der Waals surface area contributed by atoms with E-state index in [1.54, 1.807) is 30.4 Å². The van der Waals surface area contributed by atoms with E-state index < -0.39 is 0 Å². The van der Waals surface area contributed by atoms with Gasteiger partial charge in [0.05, 0.1) is 10.2 Å². The molecule has 0 radical (unpaired) electrons. The standard InChI is InChI=1S/C16H11ClN2OS/c17-12-5-1-10(2-6-12)3-8-14(20)11-4-7-13-15(9-11)21-16(18)19-13/h1-9H,(H2,18,19)/b8-3+. The number of halogens is 1. The third-order valence-electron chi connectivity index (χ3n) is 2.99. The summed E-state index contributed by atoms with van der Waals surface area (Å²) >= 11 is 7.20. The molecule has 0 spiro atoms. The summed E-state index contributed by atoms with van der Waals surface area (Å²) < 4.78 is 0.915. The van der Waals surface area contributed by atoms with Gasteiger partial charge in [-0.15, -0.1) is 0 Å². The molecule has 0 bridgehead atoms. The molecular formula is C16H11ClN2OS. The molecule has 1 aromatic heterocycles. The lowest BCUT2D eigenvalue weighted by Crippen LogP contribution is -1.93. The number of benzene rings is 2. The number of nitrogens with two attached hydrogens (primary N) is 1. The number of hydrogen-bond donors (Lipinski definition) is 1. The van der Waals surface area contributed by atoms with E-state index in [9.17, 15) is 4.79 Å². The fraction of sp³-hybridized carbons (Fsp3) is 0. The maximum Gasteiger partial charge on any atom is 0.185 e. The van der Waals surface area contributed by atoms with Crippen molar-refractivity contribution in [3.63, 3.8) is 0 Å². The molecule has 0 amide bonds. The van der Waals surface area contributed by atoms with Crippen molar-refractivity contribution in [3.8, 4) is 0 Å². The van der Waals surface area contributed by atoms with Gasteiger partial charge in [-0.1, -0.05) is 41.1 Å². The highest BCUT2D eigenvalue weighted by Crippen LogP contribution is 2.25. The van der Waals surface area contributed by atoms with Crippen molar-refractivity contribution in [3.05, 3.63) is 64.7 Å². The monoisotopic (exact) mass is 314 g/mol. The van der Waals surface area contributed by atoms with E-state index in [4.69, 9.17) is 17.3 Å². The Morgan fingerprint density at radius 3 is 2.71 bits per heavy atom. The number of allylic oxidation sites excluding steroid dienone is 1. The van der Waals surface area contributed by atoms with Crippen LogP contribution in [-0.4, -0.2) is 10.8 Å². The van der Waals surface area contributed by atoms with Crippen LogP contribution >= 0.6 is 22.9 Å². The molecule has 0 saturated heterocycles. The second-order valence-electron chi connectivity index (χ2n) is 4.48. The zero-order valence-corrected chi connectivity index (χ0v) is 12.5. The lowest BCUT2D eigenvalue weighted by Gasteiger charge is -1.96. The second kappa shape index (κ2) is 5.68. The van der Waals surface area contributed by atoms with Crippen LogP contribution in [0.4, 0.5) is 5.13 Å². The van der Waals surface area contributed by atoms with E-state index in [1.807, 2.05) is 24.3 Å². The number of anilines is 1. The normalized spacial score (nSPS) is 11.3. The van der Waals surface area contributed by atoms with Crippen LogP contribution in [0.3, 0.4) is 0 Å². The Kier molecular flexibility index (Phi) is 3.73. The first-order valence-electron chi connectivity index (χ1n) is 6.26. The lowest BCUT2D eigenvalue weighted by atomic mass is 10.1. The van der Waals surface area contributed by atoms with Gasteiger partial charge in [0.2, 0.25) is 0 Å². The van der Waals surface area contributed by atoms with Crippen molar-refractivity contribution in [1.29, 1.82) is 0 Å². The summed E-state index contributed by atoms with van der Waals surface area (Å²) in [6.07, 6.45) is 3.32. The van der Waals surface area contributed by atoms with Crippen LogP contribution in [0.2, 0.25) is 5.02 Å². The quantitative estimate of drug-likeness (QED) is 0.575. The molecule has 0 aliphatic heterocycles. The number of thiazole rings is 1. The molecule has 0 saturated carbocycles. The highest BCUT2D eigenvalue weighted by Gasteiger charge is 2.06. The minimum atomic E-state index is -0.0566. The predicted molar refractivity (Wildman–Crippen MR) is 88.8 cm³/mol. The van der Waals surface area contributed by atoms with Crippen LogP contribution in [-0.2, 0) is 0 Å². The summed E-state index contributed by atoms with van der Waals surface area (Å²) in [7, 11) is 0. The van der Waals surface area contributed by atoms with Crippen LogP contribution in [0, 0.1) is 0 Å². The third kappa shape index (κ3) is 3.12. The van der Waals surface area contributed by atoms with Crippen LogP contribution in [0.15, 0.2) is 48.5 Å². The molecule has 3 aromatic rings. The van der Waals surface area contributed by atoms with Gasteiger partial charge in [-0.3, -0.25) is 4.79 Å². The molecule has 2 N–H and O–H groups in total. The molecule has 21 heavy (non-hydrogen) atoms. The number of hydrogen-bond acceptors (Lipinski definition) is 4. The first-order valence-corrected chi connectivity index (χ1v) is 7.45. The summed E-state index contributed by atoms with van der Waals surface area (Å²) in [5, 5.41) is 1.18. The molecule has 5 heteroatoms. The molecule has 0 unspecified atom stereocenters. The van der Waals surface area contributed by atoms with Gasteiger partial charge in [-0.2, -0.15) is 0 Å². The van der Waals surface area contributed by atoms with Crippen molar-refractivity contribution >= 4 is 50.1 Å². The Balaban J connectivity index is 1.84. The topological polar surface area (TPSA) is 56.0 Å². The van der Waals surface area contributed by atoms with Crippen molar-refractivity contribution in [2.45, 2.75) is 0 Å². The van der Waals surface area contributed by atoms with Gasteiger partial charge >= 0.3 is 0 Å².